The summed E-state index contributed by atoms with van der Waals surface area (Å²) in [5.41, 5.74) is 0.379. The minimum Gasteiger partial charge on any atom is -0.506 e. The second kappa shape index (κ2) is 5.49. The van der Waals surface area contributed by atoms with Crippen LogP contribution in [0.25, 0.3) is 11.1 Å². The molecule has 3 N–H and O–H groups in total. The number of phenols is 1. The van der Waals surface area contributed by atoms with Crippen LogP contribution in [-0.2, 0) is 10.0 Å². The number of carbonyl (C=O) groups is 1. The molecule has 3 rings (SSSR count). The minimum absolute atomic E-state index is 0.150. The van der Waals surface area contributed by atoms with Gasteiger partial charge in [-0.2, -0.15) is 0 Å². The van der Waals surface area contributed by atoms with Crippen LogP contribution in [-0.4, -0.2) is 34.7 Å². The summed E-state index contributed by atoms with van der Waals surface area (Å²) < 4.78 is 31.9. The zero-order chi connectivity index (χ0) is 17.5. The molecule has 9 nitrogen and oxygen atoms in total. The predicted octanol–water partition coefficient (Wildman–Crippen LogP) is 1.74. The summed E-state index contributed by atoms with van der Waals surface area (Å²) in [5.74, 6) is -1.74. The number of sulfonamides is 1. The quantitative estimate of drug-likeness (QED) is 0.604. The molecule has 0 unspecified atom stereocenters. The van der Waals surface area contributed by atoms with Gasteiger partial charge < -0.3 is 14.7 Å². The Morgan fingerprint density at radius 3 is 2.71 bits per heavy atom. The molecule has 124 valence electrons. The van der Waals surface area contributed by atoms with E-state index in [1.165, 1.54) is 12.1 Å². The van der Waals surface area contributed by atoms with Crippen LogP contribution in [0.5, 0.6) is 5.75 Å². The Hall–Kier alpha value is -3.14. The molecule has 0 atom stereocenters. The molecule has 0 saturated heterocycles. The first-order valence-corrected chi connectivity index (χ1v) is 8.07. The lowest BCUT2D eigenvalue weighted by atomic mass is 10.2. The topological polar surface area (TPSA) is 143 Å². The summed E-state index contributed by atoms with van der Waals surface area (Å²) in [5, 5.41) is 22.8. The molecule has 1 aromatic carbocycles. The van der Waals surface area contributed by atoms with E-state index in [9.17, 15) is 18.3 Å². The molecule has 0 spiro atoms. The first kappa shape index (κ1) is 15.7. The third kappa shape index (κ3) is 2.74. The number of hydrogen-bond acceptors (Lipinski definition) is 7. The number of nitrogens with zero attached hydrogens (tertiary/aromatic N) is 2. The van der Waals surface area contributed by atoms with Crippen molar-refractivity contribution in [3.8, 4) is 5.75 Å². The lowest BCUT2D eigenvalue weighted by Crippen LogP contribution is -2.13. The van der Waals surface area contributed by atoms with Crippen LogP contribution in [0.3, 0.4) is 0 Å². The van der Waals surface area contributed by atoms with E-state index in [0.717, 1.165) is 18.3 Å². The summed E-state index contributed by atoms with van der Waals surface area (Å²) in [6, 6.07) is 4.63. The third-order valence-corrected chi connectivity index (χ3v) is 4.62. The van der Waals surface area contributed by atoms with Crippen molar-refractivity contribution in [2.75, 3.05) is 4.72 Å². The van der Waals surface area contributed by atoms with Gasteiger partial charge in [0.05, 0.1) is 28.5 Å². The highest BCUT2D eigenvalue weighted by atomic mass is 32.2. The van der Waals surface area contributed by atoms with Gasteiger partial charge in [0.2, 0.25) is 0 Å². The lowest BCUT2D eigenvalue weighted by molar-refractivity contribution is 0.0696. The molecule has 0 amide bonds. The van der Waals surface area contributed by atoms with Gasteiger partial charge in [0, 0.05) is 0 Å². The fraction of sp³-hybridized carbons (Fsp3) is 0.0714. The first-order valence-electron chi connectivity index (χ1n) is 6.59. The number of aromatic carboxylic acids is 1. The van der Waals surface area contributed by atoms with Crippen molar-refractivity contribution in [1.29, 1.82) is 0 Å². The van der Waals surface area contributed by atoms with Crippen molar-refractivity contribution < 1.29 is 27.9 Å². The zero-order valence-electron chi connectivity index (χ0n) is 12.2. The Bertz CT molecular complexity index is 1060. The molecule has 0 radical (unpaired) electrons. The molecule has 0 aliphatic heterocycles. The first-order chi connectivity index (χ1) is 11.3. The maximum absolute atomic E-state index is 12.4. The van der Waals surface area contributed by atoms with Crippen molar-refractivity contribution in [2.45, 2.75) is 11.8 Å². The number of pyridine rings is 1. The van der Waals surface area contributed by atoms with Crippen LogP contribution in [0.4, 0.5) is 5.69 Å². The van der Waals surface area contributed by atoms with Crippen molar-refractivity contribution in [2.24, 2.45) is 0 Å². The molecule has 0 aliphatic rings. The number of carboxylic acids is 1. The fourth-order valence-corrected chi connectivity index (χ4v) is 3.07. The number of phenolic OH excluding ortho intramolecular Hbond substituents is 1. The Kier molecular flexibility index (Phi) is 3.60. The van der Waals surface area contributed by atoms with Crippen LogP contribution in [0, 0.1) is 6.92 Å². The van der Waals surface area contributed by atoms with Gasteiger partial charge in [0.15, 0.2) is 0 Å². The average molecular weight is 349 g/mol. The van der Waals surface area contributed by atoms with Crippen LogP contribution < -0.4 is 4.72 Å². The highest BCUT2D eigenvalue weighted by molar-refractivity contribution is 7.92. The number of rotatable bonds is 4. The van der Waals surface area contributed by atoms with Crippen LogP contribution in [0.1, 0.15) is 16.1 Å². The molecule has 2 aromatic heterocycles. The number of hydrogen-bond donors (Lipinski definition) is 3. The second-order valence-corrected chi connectivity index (χ2v) is 6.62. The van der Waals surface area contributed by atoms with E-state index >= 15 is 0 Å². The second-order valence-electron chi connectivity index (χ2n) is 4.93. The number of aromatic nitrogens is 2. The summed E-state index contributed by atoms with van der Waals surface area (Å²) >= 11 is 0. The van der Waals surface area contributed by atoms with E-state index in [4.69, 9.17) is 9.63 Å². The summed E-state index contributed by atoms with van der Waals surface area (Å²) in [4.78, 5) is 14.6. The maximum atomic E-state index is 12.4. The SMILES string of the molecule is Cc1noc2ncc(S(=O)(=O)Nc3ccc(C(=O)O)cc3O)cc12. The van der Waals surface area contributed by atoms with E-state index in [-0.39, 0.29) is 21.9 Å². The number of benzene rings is 1. The minimum atomic E-state index is -4.04. The predicted molar refractivity (Wildman–Crippen MR) is 82.4 cm³/mol. The van der Waals surface area contributed by atoms with Gasteiger partial charge >= 0.3 is 5.97 Å². The Labute approximate surface area is 135 Å². The summed E-state index contributed by atoms with van der Waals surface area (Å²) in [7, 11) is -4.04. The fourth-order valence-electron chi connectivity index (χ4n) is 2.03. The molecular formula is C14H11N3O6S. The molecule has 0 fully saturated rings. The number of carboxylic acid groups (broad SMARTS) is 1. The Morgan fingerprint density at radius 2 is 2.04 bits per heavy atom. The molecule has 3 aromatic rings. The van der Waals surface area contributed by atoms with E-state index in [1.807, 2.05) is 0 Å². The third-order valence-electron chi connectivity index (χ3n) is 3.28. The van der Waals surface area contributed by atoms with Crippen molar-refractivity contribution in [1.82, 2.24) is 10.1 Å². The molecule has 24 heavy (non-hydrogen) atoms. The van der Waals surface area contributed by atoms with Crippen molar-refractivity contribution >= 4 is 32.8 Å². The summed E-state index contributed by atoms with van der Waals surface area (Å²) in [6.45, 7) is 1.65. The van der Waals surface area contributed by atoms with Gasteiger partial charge in [-0.1, -0.05) is 5.16 Å². The molecule has 0 aliphatic carbocycles. The zero-order valence-corrected chi connectivity index (χ0v) is 13.0. The monoisotopic (exact) mass is 349 g/mol. The van der Waals surface area contributed by atoms with E-state index < -0.39 is 21.7 Å². The number of nitrogens with one attached hydrogen (secondary N) is 1. The van der Waals surface area contributed by atoms with Gasteiger partial charge in [0.25, 0.3) is 15.7 Å². The van der Waals surface area contributed by atoms with E-state index in [0.29, 0.717) is 11.1 Å². The maximum Gasteiger partial charge on any atom is 0.335 e. The number of anilines is 1. The Morgan fingerprint density at radius 1 is 1.29 bits per heavy atom. The highest BCUT2D eigenvalue weighted by Gasteiger charge is 2.19. The van der Waals surface area contributed by atoms with E-state index in [1.54, 1.807) is 6.92 Å². The number of aryl methyl sites for hydroxylation is 1. The van der Waals surface area contributed by atoms with Crippen molar-refractivity contribution in [3.63, 3.8) is 0 Å². The van der Waals surface area contributed by atoms with Gasteiger partial charge in [-0.05, 0) is 31.2 Å². The molecule has 2 heterocycles. The average Bonchev–Trinajstić information content (AvgIpc) is 2.90. The Balaban J connectivity index is 1.98. The smallest absolute Gasteiger partial charge is 0.335 e. The van der Waals surface area contributed by atoms with Crippen LogP contribution in [0.2, 0.25) is 0 Å². The van der Waals surface area contributed by atoms with Gasteiger partial charge in [0.1, 0.15) is 10.6 Å². The molecule has 10 heteroatoms. The highest BCUT2D eigenvalue weighted by Crippen LogP contribution is 2.28. The van der Waals surface area contributed by atoms with Gasteiger partial charge in [-0.15, -0.1) is 0 Å². The number of fused-ring (bicyclic) bond motifs is 1. The number of aromatic hydroxyl groups is 1. The van der Waals surface area contributed by atoms with Gasteiger partial charge in [-0.3, -0.25) is 4.72 Å². The molecule has 0 bridgehead atoms. The molecular weight excluding hydrogens is 338 g/mol. The van der Waals surface area contributed by atoms with Crippen LogP contribution in [0.15, 0.2) is 39.9 Å². The van der Waals surface area contributed by atoms with E-state index in [2.05, 4.69) is 14.9 Å². The van der Waals surface area contributed by atoms with Crippen molar-refractivity contribution in [3.05, 3.63) is 41.7 Å². The largest absolute Gasteiger partial charge is 0.506 e. The van der Waals surface area contributed by atoms with Crippen LogP contribution >= 0.6 is 0 Å². The summed E-state index contributed by atoms with van der Waals surface area (Å²) in [6.07, 6.45) is 1.10. The van der Waals surface area contributed by atoms with Gasteiger partial charge in [-0.25, -0.2) is 18.2 Å². The normalized spacial score (nSPS) is 11.5. The molecule has 0 saturated carbocycles. The lowest BCUT2D eigenvalue weighted by Gasteiger charge is -2.10. The standard InChI is InChI=1S/C14H11N3O6S/c1-7-10-5-9(6-15-13(10)23-16-7)24(21,22)17-11-3-2-8(14(19)20)4-12(11)18/h2-6,17-18H,1H3,(H,19,20).